The Balaban J connectivity index is 1.34. The summed E-state index contributed by atoms with van der Waals surface area (Å²) in [4.78, 5) is 3.00. The van der Waals surface area contributed by atoms with Gasteiger partial charge in [-0.3, -0.25) is 0 Å². The molecule has 1 aliphatic rings. The number of fused-ring (bicyclic) bond motifs is 1. The first-order valence-electron chi connectivity index (χ1n) is 12.4. The highest BCUT2D eigenvalue weighted by Crippen LogP contribution is 2.41. The number of unbranched alkanes of at least 4 members (excludes halogenated alkanes) is 4. The molecule has 30 heavy (non-hydrogen) atoms. The lowest BCUT2D eigenvalue weighted by molar-refractivity contribution is 0.303. The van der Waals surface area contributed by atoms with Crippen molar-refractivity contribution >= 4 is 32.1 Å². The molecule has 1 fully saturated rings. The van der Waals surface area contributed by atoms with Crippen LogP contribution in [0.15, 0.2) is 36.4 Å². The number of aryl methyl sites for hydroxylation is 1. The molecule has 3 aromatic rings. The highest BCUT2D eigenvalue weighted by atomic mass is 32.1. The number of rotatable bonds is 10. The van der Waals surface area contributed by atoms with Gasteiger partial charge in [0.2, 0.25) is 0 Å². The average molecular weight is 439 g/mol. The summed E-state index contributed by atoms with van der Waals surface area (Å²) in [5.74, 6) is 1.79. The molecule has 0 radical (unpaired) electrons. The van der Waals surface area contributed by atoms with E-state index in [0.717, 1.165) is 11.8 Å². The van der Waals surface area contributed by atoms with Gasteiger partial charge in [0.15, 0.2) is 0 Å². The van der Waals surface area contributed by atoms with E-state index in [-0.39, 0.29) is 0 Å². The van der Waals surface area contributed by atoms with Crippen molar-refractivity contribution in [3.63, 3.8) is 0 Å². The molecule has 162 valence electrons. The lowest BCUT2D eigenvalue weighted by atomic mass is 9.77. The van der Waals surface area contributed by atoms with Crippen molar-refractivity contribution in [2.75, 3.05) is 0 Å². The second-order valence-electron chi connectivity index (χ2n) is 9.34. The van der Waals surface area contributed by atoms with E-state index in [4.69, 9.17) is 0 Å². The van der Waals surface area contributed by atoms with Crippen molar-refractivity contribution in [1.29, 1.82) is 0 Å². The van der Waals surface area contributed by atoms with Crippen LogP contribution in [-0.4, -0.2) is 0 Å². The summed E-state index contributed by atoms with van der Waals surface area (Å²) in [6.07, 6.45) is 16.6. The van der Waals surface area contributed by atoms with Gasteiger partial charge >= 0.3 is 0 Å². The van der Waals surface area contributed by atoms with Gasteiger partial charge in [-0.25, -0.2) is 0 Å². The Morgan fingerprint density at radius 2 is 1.47 bits per heavy atom. The molecule has 1 aliphatic carbocycles. The third kappa shape index (κ3) is 5.56. The largest absolute Gasteiger partial charge is 0.139 e. The molecule has 0 saturated heterocycles. The molecule has 1 aromatic carbocycles. The second kappa shape index (κ2) is 11.0. The van der Waals surface area contributed by atoms with Gasteiger partial charge in [0.25, 0.3) is 0 Å². The molecule has 0 atom stereocenters. The maximum absolute atomic E-state index is 2.44. The number of hydrogen-bond acceptors (Lipinski definition) is 2. The van der Waals surface area contributed by atoms with Crippen LogP contribution in [0.25, 0.3) is 19.8 Å². The first-order chi connectivity index (χ1) is 14.8. The zero-order valence-electron chi connectivity index (χ0n) is 18.9. The van der Waals surface area contributed by atoms with Crippen LogP contribution in [0.2, 0.25) is 0 Å². The summed E-state index contributed by atoms with van der Waals surface area (Å²) in [5.41, 5.74) is 2.97. The molecule has 0 unspecified atom stereocenters. The lowest BCUT2D eigenvalue weighted by Gasteiger charge is -2.29. The summed E-state index contributed by atoms with van der Waals surface area (Å²) >= 11 is 3.98. The molecule has 2 heterocycles. The highest BCUT2D eigenvalue weighted by Gasteiger charge is 2.22. The van der Waals surface area contributed by atoms with Gasteiger partial charge in [-0.2, -0.15) is 0 Å². The van der Waals surface area contributed by atoms with Crippen LogP contribution in [0, 0.1) is 5.92 Å². The minimum absolute atomic E-state index is 0.791. The van der Waals surface area contributed by atoms with Crippen molar-refractivity contribution in [1.82, 2.24) is 0 Å². The van der Waals surface area contributed by atoms with E-state index < -0.39 is 0 Å². The molecular formula is C28H38S2. The molecule has 0 bridgehead atoms. The van der Waals surface area contributed by atoms with Gasteiger partial charge in [-0.05, 0) is 73.6 Å². The van der Waals surface area contributed by atoms with Crippen molar-refractivity contribution < 1.29 is 0 Å². The molecule has 2 aromatic heterocycles. The summed E-state index contributed by atoms with van der Waals surface area (Å²) in [6.45, 7) is 4.59. The van der Waals surface area contributed by atoms with E-state index in [1.165, 1.54) is 96.9 Å². The van der Waals surface area contributed by atoms with Crippen LogP contribution < -0.4 is 0 Å². The van der Waals surface area contributed by atoms with Crippen molar-refractivity contribution in [2.24, 2.45) is 5.92 Å². The molecule has 0 nitrogen and oxygen atoms in total. The SMILES string of the molecule is CCCCCc1cc2sc(-c3ccc([C@H]4CC[C@H](CCCCC)CC4)cc3)cc2s1. The van der Waals surface area contributed by atoms with E-state index in [2.05, 4.69) is 50.2 Å². The van der Waals surface area contributed by atoms with E-state index in [0.29, 0.717) is 0 Å². The van der Waals surface area contributed by atoms with Crippen molar-refractivity contribution in [3.8, 4) is 10.4 Å². The molecule has 0 N–H and O–H groups in total. The van der Waals surface area contributed by atoms with E-state index >= 15 is 0 Å². The maximum atomic E-state index is 2.44. The molecule has 2 heteroatoms. The Hall–Kier alpha value is -1.12. The molecule has 0 amide bonds. The topological polar surface area (TPSA) is 0 Å². The summed E-state index contributed by atoms with van der Waals surface area (Å²) < 4.78 is 2.96. The fourth-order valence-electron chi connectivity index (χ4n) is 5.09. The summed E-state index contributed by atoms with van der Waals surface area (Å²) in [7, 11) is 0. The van der Waals surface area contributed by atoms with Crippen LogP contribution in [0.1, 0.15) is 101 Å². The molecular weight excluding hydrogens is 400 g/mol. The van der Waals surface area contributed by atoms with Gasteiger partial charge in [0.1, 0.15) is 0 Å². The third-order valence-electron chi connectivity index (χ3n) is 7.01. The zero-order valence-corrected chi connectivity index (χ0v) is 20.6. The van der Waals surface area contributed by atoms with Crippen LogP contribution in [0.3, 0.4) is 0 Å². The summed E-state index contributed by atoms with van der Waals surface area (Å²) in [5, 5.41) is 0. The van der Waals surface area contributed by atoms with Crippen LogP contribution in [0.4, 0.5) is 0 Å². The first kappa shape index (κ1) is 22.1. The molecule has 4 rings (SSSR count). The fourth-order valence-corrected chi connectivity index (χ4v) is 7.56. The Labute approximate surface area is 191 Å². The van der Waals surface area contributed by atoms with Crippen molar-refractivity contribution in [2.45, 2.75) is 96.8 Å². The Morgan fingerprint density at radius 3 is 2.17 bits per heavy atom. The van der Waals surface area contributed by atoms with Crippen LogP contribution in [-0.2, 0) is 6.42 Å². The molecule has 1 saturated carbocycles. The first-order valence-corrected chi connectivity index (χ1v) is 14.0. The number of hydrogen-bond donors (Lipinski definition) is 0. The summed E-state index contributed by atoms with van der Waals surface area (Å²) in [6, 6.07) is 14.4. The standard InChI is InChI=1S/C28H38S2/c1-3-5-7-9-21-11-13-22(14-12-21)23-15-17-24(18-16-23)26-20-28-27(30-26)19-25(29-28)10-8-6-4-2/h15-22H,3-14H2,1-2H3/t21-,22-. The average Bonchev–Trinajstić information content (AvgIpc) is 3.34. The minimum atomic E-state index is 0.791. The maximum Gasteiger partial charge on any atom is 0.0460 e. The van der Waals surface area contributed by atoms with Gasteiger partial charge in [-0.15, -0.1) is 22.7 Å². The molecule has 0 spiro atoms. The van der Waals surface area contributed by atoms with Crippen LogP contribution >= 0.6 is 22.7 Å². The van der Waals surface area contributed by atoms with E-state index in [1.807, 2.05) is 22.7 Å². The Bertz CT molecular complexity index is 859. The number of thiophene rings is 2. The van der Waals surface area contributed by atoms with E-state index in [9.17, 15) is 0 Å². The second-order valence-corrected chi connectivity index (χ2v) is 11.6. The predicted octanol–water partition coefficient (Wildman–Crippen LogP) is 10.2. The van der Waals surface area contributed by atoms with Gasteiger partial charge in [-0.1, -0.05) is 76.6 Å². The third-order valence-corrected chi connectivity index (χ3v) is 9.42. The lowest BCUT2D eigenvalue weighted by Crippen LogP contribution is -2.13. The highest BCUT2D eigenvalue weighted by molar-refractivity contribution is 7.29. The quantitative estimate of drug-likeness (QED) is 0.276. The normalized spacial score (nSPS) is 19.5. The number of benzene rings is 1. The minimum Gasteiger partial charge on any atom is -0.139 e. The molecule has 0 aliphatic heterocycles. The van der Waals surface area contributed by atoms with Gasteiger partial charge in [0, 0.05) is 19.2 Å². The van der Waals surface area contributed by atoms with E-state index in [1.54, 1.807) is 10.4 Å². The Morgan fingerprint density at radius 1 is 0.767 bits per heavy atom. The van der Waals surface area contributed by atoms with Gasteiger partial charge in [0.05, 0.1) is 0 Å². The predicted molar refractivity (Wildman–Crippen MR) is 137 cm³/mol. The zero-order chi connectivity index (χ0) is 20.8. The Kier molecular flexibility index (Phi) is 8.07. The fraction of sp³-hybridized carbons (Fsp3) is 0.571. The smallest absolute Gasteiger partial charge is 0.0460 e. The van der Waals surface area contributed by atoms with Crippen molar-refractivity contribution in [3.05, 3.63) is 46.8 Å². The van der Waals surface area contributed by atoms with Gasteiger partial charge < -0.3 is 0 Å². The monoisotopic (exact) mass is 438 g/mol. The van der Waals surface area contributed by atoms with Crippen LogP contribution in [0.5, 0.6) is 0 Å².